The first-order valence-corrected chi connectivity index (χ1v) is 7.34. The molecule has 0 fully saturated rings. The highest BCUT2D eigenvalue weighted by Crippen LogP contribution is 2.24. The van der Waals surface area contributed by atoms with Gasteiger partial charge in [0, 0.05) is 28.9 Å². The molecule has 0 atom stereocenters. The lowest BCUT2D eigenvalue weighted by Gasteiger charge is -2.04. The molecule has 3 aromatic rings. The Morgan fingerprint density at radius 2 is 1.70 bits per heavy atom. The van der Waals surface area contributed by atoms with E-state index in [4.69, 9.17) is 0 Å². The second kappa shape index (κ2) is 8.16. The molecule has 0 saturated carbocycles. The summed E-state index contributed by atoms with van der Waals surface area (Å²) in [7, 11) is 0. The van der Waals surface area contributed by atoms with Crippen LogP contribution < -0.4 is 0 Å². The van der Waals surface area contributed by atoms with Crippen molar-refractivity contribution in [3.63, 3.8) is 0 Å². The van der Waals surface area contributed by atoms with Crippen LogP contribution in [0, 0.1) is 6.92 Å². The third kappa shape index (κ3) is 3.47. The molecule has 0 spiro atoms. The van der Waals surface area contributed by atoms with Crippen molar-refractivity contribution in [2.45, 2.75) is 34.6 Å². The van der Waals surface area contributed by atoms with Gasteiger partial charge in [-0.1, -0.05) is 39.8 Å². The van der Waals surface area contributed by atoms with Crippen LogP contribution in [0.4, 0.5) is 0 Å². The zero-order chi connectivity index (χ0) is 15.0. The van der Waals surface area contributed by atoms with Gasteiger partial charge in [-0.25, -0.2) is 0 Å². The number of nitrogens with zero attached hydrogens (tertiary/aromatic N) is 1. The van der Waals surface area contributed by atoms with Crippen LogP contribution in [0.3, 0.4) is 0 Å². The Labute approximate surface area is 121 Å². The Hall–Kier alpha value is -2.09. The molecule has 0 bridgehead atoms. The second-order valence-corrected chi connectivity index (χ2v) is 3.95. The standard InChI is InChI=1S/C14H12N2.2C2H6/c1-10-3-2-7-16-14(10)12-4-5-13-11(9-12)6-8-15-13;2*1-2/h2-9,15H,1H3;2*1-2H3. The predicted octanol–water partition coefficient (Wildman–Crippen LogP) is 5.59. The Bertz CT molecular complexity index is 638. The number of aromatic nitrogens is 2. The lowest BCUT2D eigenvalue weighted by atomic mass is 10.1. The van der Waals surface area contributed by atoms with Crippen LogP contribution in [0.2, 0.25) is 0 Å². The molecule has 3 rings (SSSR count). The molecular formula is C18H24N2. The van der Waals surface area contributed by atoms with Gasteiger partial charge in [-0.05, 0) is 36.8 Å². The van der Waals surface area contributed by atoms with Crippen LogP contribution in [0.1, 0.15) is 33.3 Å². The number of aromatic amines is 1. The highest BCUT2D eigenvalue weighted by Gasteiger charge is 2.03. The van der Waals surface area contributed by atoms with Crippen LogP contribution in [0.5, 0.6) is 0 Å². The Morgan fingerprint density at radius 1 is 0.950 bits per heavy atom. The minimum atomic E-state index is 1.06. The average molecular weight is 268 g/mol. The van der Waals surface area contributed by atoms with E-state index in [1.807, 2.05) is 46.2 Å². The zero-order valence-electron chi connectivity index (χ0n) is 13.1. The molecule has 2 heteroatoms. The Balaban J connectivity index is 0.000000461. The van der Waals surface area contributed by atoms with E-state index >= 15 is 0 Å². The summed E-state index contributed by atoms with van der Waals surface area (Å²) in [6.07, 6.45) is 3.80. The van der Waals surface area contributed by atoms with E-state index in [-0.39, 0.29) is 0 Å². The predicted molar refractivity (Wildman–Crippen MR) is 89.0 cm³/mol. The van der Waals surface area contributed by atoms with Gasteiger partial charge in [-0.3, -0.25) is 4.98 Å². The fourth-order valence-electron chi connectivity index (χ4n) is 1.99. The summed E-state index contributed by atoms with van der Waals surface area (Å²) in [6, 6.07) is 12.5. The minimum absolute atomic E-state index is 1.06. The normalized spacial score (nSPS) is 9.25. The SMILES string of the molecule is CC.CC.Cc1cccnc1-c1ccc2[nH]ccc2c1. The maximum atomic E-state index is 4.43. The first kappa shape index (κ1) is 16.0. The van der Waals surface area contributed by atoms with E-state index in [0.717, 1.165) is 11.2 Å². The minimum Gasteiger partial charge on any atom is -0.361 e. The maximum absolute atomic E-state index is 4.43. The van der Waals surface area contributed by atoms with Gasteiger partial charge in [0.2, 0.25) is 0 Å². The molecule has 106 valence electrons. The third-order valence-electron chi connectivity index (χ3n) is 2.84. The summed E-state index contributed by atoms with van der Waals surface area (Å²) in [4.78, 5) is 7.62. The quantitative estimate of drug-likeness (QED) is 0.612. The molecule has 2 nitrogen and oxygen atoms in total. The molecule has 1 aromatic carbocycles. The molecule has 2 aromatic heterocycles. The van der Waals surface area contributed by atoms with Gasteiger partial charge in [-0.2, -0.15) is 0 Å². The summed E-state index contributed by atoms with van der Waals surface area (Å²) >= 11 is 0. The van der Waals surface area contributed by atoms with Crippen LogP contribution in [-0.4, -0.2) is 9.97 Å². The number of aryl methyl sites for hydroxylation is 1. The fraction of sp³-hybridized carbons (Fsp3) is 0.278. The molecular weight excluding hydrogens is 244 g/mol. The molecule has 0 aliphatic carbocycles. The molecule has 0 aliphatic rings. The van der Waals surface area contributed by atoms with Gasteiger partial charge in [0.15, 0.2) is 0 Å². The second-order valence-electron chi connectivity index (χ2n) is 3.95. The van der Waals surface area contributed by atoms with Crippen LogP contribution >= 0.6 is 0 Å². The van der Waals surface area contributed by atoms with Crippen molar-refractivity contribution in [2.75, 3.05) is 0 Å². The van der Waals surface area contributed by atoms with Crippen molar-refractivity contribution in [2.24, 2.45) is 0 Å². The fourth-order valence-corrected chi connectivity index (χ4v) is 1.99. The van der Waals surface area contributed by atoms with E-state index < -0.39 is 0 Å². The van der Waals surface area contributed by atoms with Gasteiger partial charge < -0.3 is 4.98 Å². The highest BCUT2D eigenvalue weighted by molar-refractivity contribution is 5.84. The number of pyridine rings is 1. The number of fused-ring (bicyclic) bond motifs is 1. The van der Waals surface area contributed by atoms with Crippen LogP contribution in [-0.2, 0) is 0 Å². The van der Waals surface area contributed by atoms with Gasteiger partial charge in [0.25, 0.3) is 0 Å². The molecule has 1 N–H and O–H groups in total. The van der Waals surface area contributed by atoms with Crippen LogP contribution in [0.15, 0.2) is 48.8 Å². The Morgan fingerprint density at radius 3 is 2.40 bits per heavy atom. The smallest absolute Gasteiger partial charge is 0.0731 e. The Kier molecular flexibility index (Phi) is 6.51. The van der Waals surface area contributed by atoms with Crippen molar-refractivity contribution in [1.82, 2.24) is 9.97 Å². The zero-order valence-corrected chi connectivity index (χ0v) is 13.1. The molecule has 0 aliphatic heterocycles. The van der Waals surface area contributed by atoms with Crippen molar-refractivity contribution < 1.29 is 0 Å². The van der Waals surface area contributed by atoms with E-state index in [9.17, 15) is 0 Å². The monoisotopic (exact) mass is 268 g/mol. The topological polar surface area (TPSA) is 28.7 Å². The summed E-state index contributed by atoms with van der Waals surface area (Å²) in [6.45, 7) is 10.1. The number of nitrogens with one attached hydrogen (secondary N) is 1. The first-order chi connectivity index (χ1) is 9.84. The number of hydrogen-bond donors (Lipinski definition) is 1. The van der Waals surface area contributed by atoms with Gasteiger partial charge in [0.05, 0.1) is 5.69 Å². The summed E-state index contributed by atoms with van der Waals surface area (Å²) in [5.41, 5.74) is 4.60. The van der Waals surface area contributed by atoms with Crippen molar-refractivity contribution in [3.8, 4) is 11.3 Å². The van der Waals surface area contributed by atoms with E-state index in [1.54, 1.807) is 0 Å². The first-order valence-electron chi connectivity index (χ1n) is 7.34. The van der Waals surface area contributed by atoms with Gasteiger partial charge >= 0.3 is 0 Å². The average Bonchev–Trinajstić information content (AvgIpc) is 2.99. The molecule has 0 unspecified atom stereocenters. The van der Waals surface area contributed by atoms with Crippen molar-refractivity contribution in [1.29, 1.82) is 0 Å². The molecule has 0 saturated heterocycles. The number of H-pyrrole nitrogens is 1. The lowest BCUT2D eigenvalue weighted by molar-refractivity contribution is 1.27. The number of rotatable bonds is 1. The van der Waals surface area contributed by atoms with Gasteiger partial charge in [-0.15, -0.1) is 0 Å². The number of hydrogen-bond acceptors (Lipinski definition) is 1. The summed E-state index contributed by atoms with van der Waals surface area (Å²) in [5, 5.41) is 1.22. The van der Waals surface area contributed by atoms with E-state index in [2.05, 4.69) is 47.2 Å². The highest BCUT2D eigenvalue weighted by atomic mass is 14.7. The van der Waals surface area contributed by atoms with E-state index in [1.165, 1.54) is 16.5 Å². The maximum Gasteiger partial charge on any atom is 0.0731 e. The third-order valence-corrected chi connectivity index (χ3v) is 2.84. The summed E-state index contributed by atoms with van der Waals surface area (Å²) in [5.74, 6) is 0. The van der Waals surface area contributed by atoms with Gasteiger partial charge in [0.1, 0.15) is 0 Å². The van der Waals surface area contributed by atoms with Crippen molar-refractivity contribution in [3.05, 3.63) is 54.4 Å². The molecule has 20 heavy (non-hydrogen) atoms. The van der Waals surface area contributed by atoms with Crippen molar-refractivity contribution >= 4 is 10.9 Å². The largest absolute Gasteiger partial charge is 0.361 e. The number of benzene rings is 1. The van der Waals surface area contributed by atoms with Crippen LogP contribution in [0.25, 0.3) is 22.2 Å². The molecule has 0 radical (unpaired) electrons. The lowest BCUT2D eigenvalue weighted by Crippen LogP contribution is -1.86. The molecule has 2 heterocycles. The van der Waals surface area contributed by atoms with E-state index in [0.29, 0.717) is 0 Å². The summed E-state index contributed by atoms with van der Waals surface area (Å²) < 4.78 is 0. The molecule has 0 amide bonds.